The first-order valence-electron chi connectivity index (χ1n) is 6.01. The number of nitrogens with one attached hydrogen (secondary N) is 2. The lowest BCUT2D eigenvalue weighted by Crippen LogP contribution is -2.46. The van der Waals surface area contributed by atoms with Gasteiger partial charge in [-0.3, -0.25) is 4.79 Å². The number of benzene rings is 1. The van der Waals surface area contributed by atoms with Crippen molar-refractivity contribution in [1.82, 2.24) is 10.3 Å². The summed E-state index contributed by atoms with van der Waals surface area (Å²) in [7, 11) is 0. The van der Waals surface area contributed by atoms with Gasteiger partial charge >= 0.3 is 0 Å². The Labute approximate surface area is 115 Å². The molecule has 19 heavy (non-hydrogen) atoms. The van der Waals surface area contributed by atoms with E-state index in [1.807, 2.05) is 38.1 Å². The van der Waals surface area contributed by atoms with Crippen LogP contribution in [0.25, 0.3) is 10.2 Å². The van der Waals surface area contributed by atoms with Gasteiger partial charge in [-0.25, -0.2) is 4.98 Å². The molecule has 1 aromatic carbocycles. The van der Waals surface area contributed by atoms with Crippen LogP contribution in [0.2, 0.25) is 0 Å². The van der Waals surface area contributed by atoms with Crippen LogP contribution in [-0.2, 0) is 4.79 Å². The molecule has 0 saturated heterocycles. The van der Waals surface area contributed by atoms with Gasteiger partial charge in [0.1, 0.15) is 0 Å². The summed E-state index contributed by atoms with van der Waals surface area (Å²) in [6, 6.07) is 7.74. The molecule has 0 radical (unpaired) electrons. The van der Waals surface area contributed by atoms with E-state index in [2.05, 4.69) is 15.6 Å². The second-order valence-corrected chi connectivity index (χ2v) is 5.96. The summed E-state index contributed by atoms with van der Waals surface area (Å²) < 4.78 is 1.04. The molecule has 0 aliphatic rings. The van der Waals surface area contributed by atoms with Crippen molar-refractivity contribution in [2.24, 2.45) is 0 Å². The van der Waals surface area contributed by atoms with Crippen molar-refractivity contribution in [1.29, 1.82) is 0 Å². The first-order valence-corrected chi connectivity index (χ1v) is 6.83. The maximum atomic E-state index is 11.8. The van der Waals surface area contributed by atoms with Crippen LogP contribution in [0.4, 0.5) is 5.13 Å². The Morgan fingerprint density at radius 1 is 1.42 bits per heavy atom. The Morgan fingerprint density at radius 2 is 2.16 bits per heavy atom. The molecule has 2 aromatic rings. The van der Waals surface area contributed by atoms with Crippen LogP contribution in [-0.4, -0.2) is 34.7 Å². The van der Waals surface area contributed by atoms with Gasteiger partial charge in [-0.1, -0.05) is 23.5 Å². The fourth-order valence-corrected chi connectivity index (χ4v) is 2.35. The number of carbonyl (C=O) groups excluding carboxylic acids is 1. The quantitative estimate of drug-likeness (QED) is 0.777. The molecule has 0 atom stereocenters. The Morgan fingerprint density at radius 3 is 2.84 bits per heavy atom. The number of nitrogens with zero attached hydrogens (tertiary/aromatic N) is 1. The highest BCUT2D eigenvalue weighted by atomic mass is 32.1. The van der Waals surface area contributed by atoms with E-state index in [-0.39, 0.29) is 19.1 Å². The molecule has 0 saturated carbocycles. The molecule has 1 heterocycles. The van der Waals surface area contributed by atoms with E-state index >= 15 is 0 Å². The molecule has 1 amide bonds. The zero-order valence-electron chi connectivity index (χ0n) is 10.9. The number of aliphatic hydroxyl groups is 1. The lowest BCUT2D eigenvalue weighted by molar-refractivity contribution is -0.115. The van der Waals surface area contributed by atoms with Gasteiger partial charge < -0.3 is 15.7 Å². The number of hydrogen-bond donors (Lipinski definition) is 3. The van der Waals surface area contributed by atoms with Crippen LogP contribution in [0.15, 0.2) is 24.3 Å². The number of rotatable bonds is 5. The fourth-order valence-electron chi connectivity index (χ4n) is 1.46. The van der Waals surface area contributed by atoms with E-state index in [1.54, 1.807) is 0 Å². The van der Waals surface area contributed by atoms with Gasteiger partial charge in [0.25, 0.3) is 0 Å². The molecular formula is C13H17N3O2S. The van der Waals surface area contributed by atoms with Gasteiger partial charge in [0.05, 0.1) is 23.4 Å². The van der Waals surface area contributed by atoms with Crippen molar-refractivity contribution in [3.05, 3.63) is 24.3 Å². The first kappa shape index (κ1) is 13.9. The zero-order chi connectivity index (χ0) is 13.9. The highest BCUT2D eigenvalue weighted by Crippen LogP contribution is 2.25. The maximum absolute atomic E-state index is 11.8. The van der Waals surface area contributed by atoms with Crippen molar-refractivity contribution in [3.8, 4) is 0 Å². The molecule has 0 spiro atoms. The van der Waals surface area contributed by atoms with E-state index in [1.165, 1.54) is 11.3 Å². The molecule has 102 valence electrons. The Kier molecular flexibility index (Phi) is 4.14. The van der Waals surface area contributed by atoms with E-state index in [4.69, 9.17) is 5.11 Å². The first-order chi connectivity index (χ1) is 9.00. The number of carbonyl (C=O) groups is 1. The second-order valence-electron chi connectivity index (χ2n) is 4.93. The highest BCUT2D eigenvalue weighted by molar-refractivity contribution is 7.22. The van der Waals surface area contributed by atoms with Crippen molar-refractivity contribution in [2.45, 2.75) is 19.4 Å². The molecule has 2 rings (SSSR count). The average Bonchev–Trinajstić information content (AvgIpc) is 2.78. The van der Waals surface area contributed by atoms with E-state index in [9.17, 15) is 4.79 Å². The maximum Gasteiger partial charge on any atom is 0.240 e. The van der Waals surface area contributed by atoms with Gasteiger partial charge in [-0.15, -0.1) is 0 Å². The molecule has 0 unspecified atom stereocenters. The summed E-state index contributed by atoms with van der Waals surface area (Å²) in [5.41, 5.74) is 0.414. The lowest BCUT2D eigenvalue weighted by atomic mass is 10.1. The van der Waals surface area contributed by atoms with Gasteiger partial charge in [0, 0.05) is 5.54 Å². The van der Waals surface area contributed by atoms with Gasteiger partial charge in [0.15, 0.2) is 5.13 Å². The van der Waals surface area contributed by atoms with Crippen molar-refractivity contribution >= 4 is 32.6 Å². The highest BCUT2D eigenvalue weighted by Gasteiger charge is 2.17. The van der Waals surface area contributed by atoms with Crippen LogP contribution in [0.5, 0.6) is 0 Å². The predicted octanol–water partition coefficient (Wildman–Crippen LogP) is 1.60. The summed E-state index contributed by atoms with van der Waals surface area (Å²) in [6.45, 7) is 3.78. The lowest BCUT2D eigenvalue weighted by Gasteiger charge is -2.22. The third-order valence-corrected chi connectivity index (χ3v) is 3.61. The number of amides is 1. The number of thiazole rings is 1. The predicted molar refractivity (Wildman–Crippen MR) is 77.4 cm³/mol. The monoisotopic (exact) mass is 279 g/mol. The SMILES string of the molecule is CC(C)(CO)NCC(=O)Nc1nc2ccccc2s1. The van der Waals surface area contributed by atoms with E-state index in [0.29, 0.717) is 5.13 Å². The Bertz CT molecular complexity index is 547. The molecule has 1 aromatic heterocycles. The topological polar surface area (TPSA) is 74.2 Å². The molecule has 5 nitrogen and oxygen atoms in total. The molecular weight excluding hydrogens is 262 g/mol. The number of anilines is 1. The molecule has 6 heteroatoms. The number of para-hydroxylation sites is 1. The minimum Gasteiger partial charge on any atom is -0.394 e. The van der Waals surface area contributed by atoms with Gasteiger partial charge in [-0.05, 0) is 26.0 Å². The van der Waals surface area contributed by atoms with Crippen LogP contribution in [0, 0.1) is 0 Å². The van der Waals surface area contributed by atoms with Crippen molar-refractivity contribution in [3.63, 3.8) is 0 Å². The Balaban J connectivity index is 1.95. The smallest absolute Gasteiger partial charge is 0.240 e. The van der Waals surface area contributed by atoms with Crippen molar-refractivity contribution in [2.75, 3.05) is 18.5 Å². The van der Waals surface area contributed by atoms with Crippen LogP contribution >= 0.6 is 11.3 Å². The van der Waals surface area contributed by atoms with Gasteiger partial charge in [-0.2, -0.15) is 0 Å². The van der Waals surface area contributed by atoms with Gasteiger partial charge in [0.2, 0.25) is 5.91 Å². The van der Waals surface area contributed by atoms with Crippen LogP contribution in [0.1, 0.15) is 13.8 Å². The van der Waals surface area contributed by atoms with E-state index in [0.717, 1.165) is 10.2 Å². The summed E-state index contributed by atoms with van der Waals surface area (Å²) in [5, 5.41) is 15.4. The molecule has 0 aliphatic heterocycles. The fraction of sp³-hybridized carbons (Fsp3) is 0.385. The summed E-state index contributed by atoms with van der Waals surface area (Å²) >= 11 is 1.44. The van der Waals surface area contributed by atoms with Crippen molar-refractivity contribution < 1.29 is 9.90 Å². The van der Waals surface area contributed by atoms with Crippen LogP contribution < -0.4 is 10.6 Å². The second kappa shape index (κ2) is 5.64. The minimum atomic E-state index is -0.467. The normalized spacial score (nSPS) is 11.7. The summed E-state index contributed by atoms with van der Waals surface area (Å²) in [6.07, 6.45) is 0. The number of aliphatic hydroxyl groups excluding tert-OH is 1. The van der Waals surface area contributed by atoms with Crippen LogP contribution in [0.3, 0.4) is 0 Å². The molecule has 3 N–H and O–H groups in total. The molecule has 0 aliphatic carbocycles. The average molecular weight is 279 g/mol. The third kappa shape index (κ3) is 3.73. The summed E-state index contributed by atoms with van der Waals surface area (Å²) in [5.74, 6) is -0.166. The number of aromatic nitrogens is 1. The largest absolute Gasteiger partial charge is 0.394 e. The molecule has 0 fully saturated rings. The summed E-state index contributed by atoms with van der Waals surface area (Å²) in [4.78, 5) is 16.1. The van der Waals surface area contributed by atoms with E-state index < -0.39 is 5.54 Å². The number of hydrogen-bond acceptors (Lipinski definition) is 5. The minimum absolute atomic E-state index is 0.0264. The number of fused-ring (bicyclic) bond motifs is 1. The Hall–Kier alpha value is -1.50. The third-order valence-electron chi connectivity index (χ3n) is 2.66. The standard InChI is InChI=1S/C13H17N3O2S/c1-13(2,8-17)14-7-11(18)16-12-15-9-5-3-4-6-10(9)19-12/h3-6,14,17H,7-8H2,1-2H3,(H,15,16,18). The zero-order valence-corrected chi connectivity index (χ0v) is 11.8. The molecule has 0 bridgehead atoms.